The number of nitrogens with zero attached hydrogens (tertiary/aromatic N) is 1. The van der Waals surface area contributed by atoms with Gasteiger partial charge < -0.3 is 5.32 Å². The van der Waals surface area contributed by atoms with E-state index in [-0.39, 0.29) is 16.9 Å². The van der Waals surface area contributed by atoms with Gasteiger partial charge in [-0.05, 0) is 66.9 Å². The molecule has 1 fully saturated rings. The van der Waals surface area contributed by atoms with Gasteiger partial charge in [0.25, 0.3) is 0 Å². The number of allylic oxidation sites excluding steroid dienone is 2. The molecule has 128 valence electrons. The van der Waals surface area contributed by atoms with Crippen LogP contribution in [0.4, 0.5) is 0 Å². The maximum absolute atomic E-state index is 11.2. The molecule has 0 saturated carbocycles. The summed E-state index contributed by atoms with van der Waals surface area (Å²) in [5.74, 6) is 0.0869. The molecule has 0 aromatic carbocycles. The lowest BCUT2D eigenvalue weighted by Gasteiger charge is -2.54. The maximum Gasteiger partial charge on any atom is 0.154 e. The summed E-state index contributed by atoms with van der Waals surface area (Å²) in [6.45, 7) is 15.5. The van der Waals surface area contributed by atoms with Crippen LogP contribution < -0.4 is 5.32 Å². The first kappa shape index (κ1) is 19.2. The van der Waals surface area contributed by atoms with Crippen molar-refractivity contribution in [3.05, 3.63) is 11.8 Å². The van der Waals surface area contributed by atoms with Gasteiger partial charge in [0.15, 0.2) is 5.78 Å². The van der Waals surface area contributed by atoms with Gasteiger partial charge in [-0.25, -0.2) is 0 Å². The van der Waals surface area contributed by atoms with E-state index in [9.17, 15) is 4.79 Å². The Bertz CT molecular complexity index is 395. The first-order chi connectivity index (χ1) is 10.1. The van der Waals surface area contributed by atoms with Crippen LogP contribution in [0.2, 0.25) is 0 Å². The van der Waals surface area contributed by atoms with Crippen LogP contribution in [0.3, 0.4) is 0 Å². The van der Waals surface area contributed by atoms with Gasteiger partial charge in [0.05, 0.1) is 6.61 Å². The summed E-state index contributed by atoms with van der Waals surface area (Å²) in [5.41, 5.74) is 0.872. The van der Waals surface area contributed by atoms with Crippen LogP contribution in [0, 0.1) is 0 Å². The Morgan fingerprint density at radius 2 is 1.77 bits per heavy atom. The van der Waals surface area contributed by atoms with Crippen molar-refractivity contribution in [1.29, 1.82) is 0 Å². The smallest absolute Gasteiger partial charge is 0.154 e. The van der Waals surface area contributed by atoms with E-state index < -0.39 is 0 Å². The lowest BCUT2D eigenvalue weighted by Crippen LogP contribution is -2.63. The van der Waals surface area contributed by atoms with E-state index in [0.717, 1.165) is 38.0 Å². The van der Waals surface area contributed by atoms with E-state index in [0.29, 0.717) is 6.04 Å². The fraction of sp³-hybridized carbons (Fsp3) is 0.833. The van der Waals surface area contributed by atoms with Gasteiger partial charge in [0.2, 0.25) is 0 Å². The number of piperidine rings is 1. The predicted octanol–water partition coefficient (Wildman–Crippen LogP) is 3.82. The molecule has 1 heterocycles. The van der Waals surface area contributed by atoms with E-state index in [1.165, 1.54) is 0 Å². The van der Waals surface area contributed by atoms with Crippen LogP contribution >= 0.6 is 0 Å². The second kappa shape index (κ2) is 7.60. The summed E-state index contributed by atoms with van der Waals surface area (Å²) in [5, 5.41) is 5.70. The minimum absolute atomic E-state index is 0.0380. The number of unbranched alkanes of at least 4 members (excludes halogenated alkanes) is 1. The van der Waals surface area contributed by atoms with Gasteiger partial charge in [-0.3, -0.25) is 9.63 Å². The highest BCUT2D eigenvalue weighted by Gasteiger charge is 2.46. The first-order valence-corrected chi connectivity index (χ1v) is 8.47. The monoisotopic (exact) mass is 310 g/mol. The Balaban J connectivity index is 2.78. The van der Waals surface area contributed by atoms with E-state index in [4.69, 9.17) is 4.84 Å². The number of hydrogen-bond donors (Lipinski definition) is 1. The molecule has 22 heavy (non-hydrogen) atoms. The van der Waals surface area contributed by atoms with Gasteiger partial charge in [-0.1, -0.05) is 13.3 Å². The summed E-state index contributed by atoms with van der Waals surface area (Å²) in [6.07, 6.45) is 5.89. The molecule has 4 heteroatoms. The zero-order valence-corrected chi connectivity index (χ0v) is 15.5. The van der Waals surface area contributed by atoms with Crippen LogP contribution in [0.5, 0.6) is 0 Å². The van der Waals surface area contributed by atoms with Gasteiger partial charge in [0, 0.05) is 22.8 Å². The van der Waals surface area contributed by atoms with E-state index >= 15 is 0 Å². The third kappa shape index (κ3) is 5.40. The highest BCUT2D eigenvalue weighted by atomic mass is 16.7. The van der Waals surface area contributed by atoms with Crippen molar-refractivity contribution in [3.8, 4) is 0 Å². The SMILES string of the molecule is CCCCON1C(C)(C)CC(N/C(C)=C\C(C)=O)CC1(C)C. The van der Waals surface area contributed by atoms with Gasteiger partial charge in [0.1, 0.15) is 0 Å². The standard InChI is InChI=1S/C18H34N2O2/c1-8-9-10-22-20-17(4,5)12-16(13-18(20,6)7)19-14(2)11-15(3)21/h11,16,19H,8-10,12-13H2,1-7H3/b14-11-. The molecule has 0 aromatic heterocycles. The van der Waals surface area contributed by atoms with Gasteiger partial charge in [-0.15, -0.1) is 0 Å². The van der Waals surface area contributed by atoms with E-state index in [1.54, 1.807) is 13.0 Å². The van der Waals surface area contributed by atoms with Crippen molar-refractivity contribution in [3.63, 3.8) is 0 Å². The zero-order valence-electron chi connectivity index (χ0n) is 15.5. The number of hydrogen-bond acceptors (Lipinski definition) is 4. The average molecular weight is 310 g/mol. The largest absolute Gasteiger partial charge is 0.386 e. The summed E-state index contributed by atoms with van der Waals surface area (Å²) < 4.78 is 0. The summed E-state index contributed by atoms with van der Waals surface area (Å²) in [4.78, 5) is 17.3. The molecular weight excluding hydrogens is 276 g/mol. The Kier molecular flexibility index (Phi) is 6.63. The molecule has 0 unspecified atom stereocenters. The topological polar surface area (TPSA) is 41.6 Å². The van der Waals surface area contributed by atoms with Crippen LogP contribution in [-0.4, -0.2) is 34.6 Å². The Morgan fingerprint density at radius 1 is 1.23 bits per heavy atom. The summed E-state index contributed by atoms with van der Waals surface area (Å²) >= 11 is 0. The van der Waals surface area contributed by atoms with Crippen LogP contribution in [0.1, 0.15) is 74.1 Å². The predicted molar refractivity (Wildman–Crippen MR) is 91.5 cm³/mol. The highest BCUT2D eigenvalue weighted by molar-refractivity contribution is 5.87. The lowest BCUT2D eigenvalue weighted by atomic mass is 9.79. The molecule has 1 rings (SSSR count). The molecule has 0 atom stereocenters. The fourth-order valence-corrected chi connectivity index (χ4v) is 3.68. The third-order valence-electron chi connectivity index (χ3n) is 4.16. The minimum Gasteiger partial charge on any atom is -0.386 e. The molecule has 0 amide bonds. The second-order valence-corrected chi connectivity index (χ2v) is 7.79. The molecule has 0 spiro atoms. The fourth-order valence-electron chi connectivity index (χ4n) is 3.68. The lowest BCUT2D eigenvalue weighted by molar-refractivity contribution is -0.284. The molecule has 1 saturated heterocycles. The van der Waals surface area contributed by atoms with E-state index in [1.807, 2.05) is 6.92 Å². The Hall–Kier alpha value is -0.870. The molecule has 0 aromatic rings. The molecule has 0 bridgehead atoms. The van der Waals surface area contributed by atoms with Crippen molar-refractivity contribution in [1.82, 2.24) is 10.4 Å². The van der Waals surface area contributed by atoms with Crippen molar-refractivity contribution in [2.45, 2.75) is 91.3 Å². The quantitative estimate of drug-likeness (QED) is 0.573. The molecule has 1 aliphatic heterocycles. The number of carbonyl (C=O) groups excluding carboxylic acids is 1. The average Bonchev–Trinajstić information content (AvgIpc) is 2.29. The van der Waals surface area contributed by atoms with Crippen molar-refractivity contribution in [2.24, 2.45) is 0 Å². The second-order valence-electron chi connectivity index (χ2n) is 7.79. The number of rotatable bonds is 7. The molecule has 4 nitrogen and oxygen atoms in total. The summed E-state index contributed by atoms with van der Waals surface area (Å²) in [7, 11) is 0. The number of nitrogens with one attached hydrogen (secondary N) is 1. The minimum atomic E-state index is -0.0380. The molecule has 1 N–H and O–H groups in total. The molecule has 0 aliphatic carbocycles. The maximum atomic E-state index is 11.2. The number of hydroxylamine groups is 2. The third-order valence-corrected chi connectivity index (χ3v) is 4.16. The number of ketones is 1. The van der Waals surface area contributed by atoms with Crippen LogP contribution in [0.15, 0.2) is 11.8 Å². The van der Waals surface area contributed by atoms with Crippen molar-refractivity contribution in [2.75, 3.05) is 6.61 Å². The molecule has 0 radical (unpaired) electrons. The van der Waals surface area contributed by atoms with Gasteiger partial charge >= 0.3 is 0 Å². The number of carbonyl (C=O) groups is 1. The van der Waals surface area contributed by atoms with Crippen molar-refractivity contribution < 1.29 is 9.63 Å². The van der Waals surface area contributed by atoms with Crippen LogP contribution in [0.25, 0.3) is 0 Å². The van der Waals surface area contributed by atoms with E-state index in [2.05, 4.69) is 45.0 Å². The first-order valence-electron chi connectivity index (χ1n) is 8.47. The van der Waals surface area contributed by atoms with Crippen LogP contribution in [-0.2, 0) is 9.63 Å². The Labute approximate surface area is 136 Å². The zero-order chi connectivity index (χ0) is 17.0. The molecular formula is C18H34N2O2. The van der Waals surface area contributed by atoms with Crippen molar-refractivity contribution >= 4 is 5.78 Å². The molecule has 1 aliphatic rings. The van der Waals surface area contributed by atoms with Gasteiger partial charge in [-0.2, -0.15) is 5.06 Å². The highest BCUT2D eigenvalue weighted by Crippen LogP contribution is 2.38. The Morgan fingerprint density at radius 3 is 2.23 bits per heavy atom. The summed E-state index contributed by atoms with van der Waals surface area (Å²) in [6, 6.07) is 0.353. The normalized spacial score (nSPS) is 22.6.